The molecule has 18 heavy (non-hydrogen) atoms. The largest absolute Gasteiger partial charge is 0.361 e. The molecule has 5 nitrogen and oxygen atoms in total. The molecule has 2 atom stereocenters. The first-order chi connectivity index (χ1) is 8.49. The Morgan fingerprint density at radius 3 is 1.67 bits per heavy atom. The van der Waals surface area contributed by atoms with Crippen LogP contribution in [0.3, 0.4) is 0 Å². The van der Waals surface area contributed by atoms with Gasteiger partial charge in [0.1, 0.15) is 11.5 Å². The Balaban J connectivity index is 2.16. The van der Waals surface area contributed by atoms with E-state index in [2.05, 4.69) is 10.3 Å². The van der Waals surface area contributed by atoms with Gasteiger partial charge in [-0.05, 0) is 27.7 Å². The van der Waals surface area contributed by atoms with Crippen molar-refractivity contribution in [3.05, 3.63) is 35.0 Å². The van der Waals surface area contributed by atoms with E-state index in [4.69, 9.17) is 9.05 Å². The molecule has 0 fully saturated rings. The average molecular weight is 248 g/mol. The third-order valence-electron chi connectivity index (χ3n) is 3.03. The molecule has 0 amide bonds. The molecular weight excluding hydrogens is 232 g/mol. The van der Waals surface area contributed by atoms with E-state index >= 15 is 0 Å². The first-order valence-corrected chi connectivity index (χ1v) is 5.89. The second kappa shape index (κ2) is 4.76. The van der Waals surface area contributed by atoms with E-state index in [-0.39, 0.29) is 17.6 Å². The summed E-state index contributed by atoms with van der Waals surface area (Å²) >= 11 is 0. The van der Waals surface area contributed by atoms with Gasteiger partial charge in [-0.25, -0.2) is 0 Å². The van der Waals surface area contributed by atoms with Gasteiger partial charge >= 0.3 is 0 Å². The topological polar surface area (TPSA) is 69.1 Å². The summed E-state index contributed by atoms with van der Waals surface area (Å²) in [5, 5.41) is 7.76. The summed E-state index contributed by atoms with van der Waals surface area (Å²) in [7, 11) is 0. The number of Topliss-reactive ketones (excluding diaryl/α,β-unsaturated/α-hetero) is 1. The summed E-state index contributed by atoms with van der Waals surface area (Å²) in [6.07, 6.45) is 0. The molecule has 0 aromatic carbocycles. The molecular formula is C13H16N2O3. The van der Waals surface area contributed by atoms with Gasteiger partial charge in [0.2, 0.25) is 0 Å². The van der Waals surface area contributed by atoms with Crippen LogP contribution < -0.4 is 0 Å². The van der Waals surface area contributed by atoms with Crippen LogP contribution >= 0.6 is 0 Å². The minimum absolute atomic E-state index is 0.0524. The molecule has 0 N–H and O–H groups in total. The van der Waals surface area contributed by atoms with Crippen LogP contribution in [0.15, 0.2) is 21.2 Å². The zero-order chi connectivity index (χ0) is 13.3. The molecule has 0 aliphatic heterocycles. The van der Waals surface area contributed by atoms with E-state index < -0.39 is 0 Å². The Kier molecular flexibility index (Phi) is 3.32. The standard InChI is InChI=1S/C13H16N2O3/c1-7-5-11(14-17-7)9(3)13(16)10(4)12-6-8(2)18-15-12/h5-6,9-10H,1-4H3. The number of ketones is 1. The third-order valence-corrected chi connectivity index (χ3v) is 3.03. The molecule has 5 heteroatoms. The van der Waals surface area contributed by atoms with Gasteiger partial charge in [-0.1, -0.05) is 10.3 Å². The van der Waals surface area contributed by atoms with Crippen molar-refractivity contribution in [2.75, 3.05) is 0 Å². The number of carbonyl (C=O) groups excluding carboxylic acids is 1. The molecule has 0 aliphatic rings. The predicted molar refractivity (Wildman–Crippen MR) is 64.3 cm³/mol. The van der Waals surface area contributed by atoms with E-state index in [1.165, 1.54) is 0 Å². The molecule has 0 spiro atoms. The maximum Gasteiger partial charge on any atom is 0.150 e. The molecule has 0 saturated heterocycles. The molecule has 0 radical (unpaired) electrons. The first kappa shape index (κ1) is 12.5. The molecule has 0 aliphatic carbocycles. The van der Waals surface area contributed by atoms with Crippen LogP contribution in [-0.4, -0.2) is 16.1 Å². The van der Waals surface area contributed by atoms with Gasteiger partial charge in [-0.15, -0.1) is 0 Å². The van der Waals surface area contributed by atoms with E-state index in [0.29, 0.717) is 22.9 Å². The second-order valence-electron chi connectivity index (χ2n) is 4.57. The normalized spacial score (nSPS) is 14.4. The van der Waals surface area contributed by atoms with Gasteiger partial charge in [0.05, 0.1) is 23.2 Å². The Bertz CT molecular complexity index is 508. The second-order valence-corrected chi connectivity index (χ2v) is 4.57. The number of rotatable bonds is 4. The third kappa shape index (κ3) is 2.34. The summed E-state index contributed by atoms with van der Waals surface area (Å²) in [5.74, 6) is 0.838. The lowest BCUT2D eigenvalue weighted by molar-refractivity contribution is -0.121. The van der Waals surface area contributed by atoms with Crippen molar-refractivity contribution in [2.45, 2.75) is 39.5 Å². The Morgan fingerprint density at radius 1 is 1.00 bits per heavy atom. The molecule has 2 unspecified atom stereocenters. The van der Waals surface area contributed by atoms with Crippen LogP contribution in [0.1, 0.15) is 48.6 Å². The SMILES string of the molecule is Cc1cc(C(C)C(=O)C(C)c2cc(C)on2)no1. The summed E-state index contributed by atoms with van der Waals surface area (Å²) < 4.78 is 9.98. The Hall–Kier alpha value is -1.91. The highest BCUT2D eigenvalue weighted by Crippen LogP contribution is 2.25. The lowest BCUT2D eigenvalue weighted by atomic mass is 9.91. The fourth-order valence-electron chi connectivity index (χ4n) is 1.85. The van der Waals surface area contributed by atoms with Gasteiger partial charge in [-0.3, -0.25) is 4.79 Å². The number of carbonyl (C=O) groups is 1. The number of hydrogen-bond donors (Lipinski definition) is 0. The number of aromatic nitrogens is 2. The Labute approximate surface area is 105 Å². The fourth-order valence-corrected chi connectivity index (χ4v) is 1.85. The van der Waals surface area contributed by atoms with E-state index in [0.717, 1.165) is 0 Å². The number of aryl methyl sites for hydroxylation is 2. The first-order valence-electron chi connectivity index (χ1n) is 5.89. The van der Waals surface area contributed by atoms with Crippen LogP contribution in [0.4, 0.5) is 0 Å². The molecule has 2 rings (SSSR count). The van der Waals surface area contributed by atoms with Crippen LogP contribution in [0, 0.1) is 13.8 Å². The predicted octanol–water partition coefficient (Wildman–Crippen LogP) is 2.76. The zero-order valence-corrected chi connectivity index (χ0v) is 10.9. The van der Waals surface area contributed by atoms with Crippen molar-refractivity contribution < 1.29 is 13.8 Å². The highest BCUT2D eigenvalue weighted by atomic mass is 16.5. The van der Waals surface area contributed by atoms with Crippen molar-refractivity contribution in [3.8, 4) is 0 Å². The van der Waals surface area contributed by atoms with Gasteiger partial charge in [-0.2, -0.15) is 0 Å². The van der Waals surface area contributed by atoms with Gasteiger partial charge in [0.25, 0.3) is 0 Å². The highest BCUT2D eigenvalue weighted by Gasteiger charge is 2.26. The van der Waals surface area contributed by atoms with Crippen molar-refractivity contribution in [2.24, 2.45) is 0 Å². The Morgan fingerprint density at radius 2 is 1.39 bits per heavy atom. The van der Waals surface area contributed by atoms with Crippen molar-refractivity contribution in [1.82, 2.24) is 10.3 Å². The lowest BCUT2D eigenvalue weighted by Crippen LogP contribution is -2.17. The summed E-state index contributed by atoms with van der Waals surface area (Å²) in [5.41, 5.74) is 1.31. The smallest absolute Gasteiger partial charge is 0.150 e. The van der Waals surface area contributed by atoms with Gasteiger partial charge in [0.15, 0.2) is 5.78 Å². The van der Waals surface area contributed by atoms with Gasteiger partial charge in [0, 0.05) is 12.1 Å². The summed E-state index contributed by atoms with van der Waals surface area (Å²) in [6.45, 7) is 7.25. The van der Waals surface area contributed by atoms with Crippen molar-refractivity contribution >= 4 is 5.78 Å². The summed E-state index contributed by atoms with van der Waals surface area (Å²) in [4.78, 5) is 12.3. The maximum absolute atomic E-state index is 12.3. The summed E-state index contributed by atoms with van der Waals surface area (Å²) in [6, 6.07) is 3.56. The molecule has 2 heterocycles. The average Bonchev–Trinajstić information content (AvgIpc) is 2.95. The van der Waals surface area contributed by atoms with Crippen LogP contribution in [0.25, 0.3) is 0 Å². The maximum atomic E-state index is 12.3. The molecule has 0 saturated carbocycles. The van der Waals surface area contributed by atoms with Crippen LogP contribution in [0.2, 0.25) is 0 Å². The number of nitrogens with zero attached hydrogens (tertiary/aromatic N) is 2. The van der Waals surface area contributed by atoms with Crippen LogP contribution in [0.5, 0.6) is 0 Å². The lowest BCUT2D eigenvalue weighted by Gasteiger charge is -2.11. The molecule has 2 aromatic rings. The minimum atomic E-state index is -0.311. The van der Waals surface area contributed by atoms with Crippen LogP contribution in [-0.2, 0) is 4.79 Å². The highest BCUT2D eigenvalue weighted by molar-refractivity contribution is 5.90. The van der Waals surface area contributed by atoms with Crippen molar-refractivity contribution in [1.29, 1.82) is 0 Å². The van der Waals surface area contributed by atoms with Gasteiger partial charge < -0.3 is 9.05 Å². The van der Waals surface area contributed by atoms with E-state index in [1.54, 1.807) is 26.0 Å². The molecule has 2 aromatic heterocycles. The van der Waals surface area contributed by atoms with E-state index in [9.17, 15) is 4.79 Å². The molecule has 96 valence electrons. The zero-order valence-electron chi connectivity index (χ0n) is 10.9. The fraction of sp³-hybridized carbons (Fsp3) is 0.462. The molecule has 0 bridgehead atoms. The monoisotopic (exact) mass is 248 g/mol. The quantitative estimate of drug-likeness (QED) is 0.832. The van der Waals surface area contributed by atoms with E-state index in [1.807, 2.05) is 13.8 Å². The minimum Gasteiger partial charge on any atom is -0.361 e. The van der Waals surface area contributed by atoms with Crippen molar-refractivity contribution in [3.63, 3.8) is 0 Å². The number of hydrogen-bond acceptors (Lipinski definition) is 5.